The van der Waals surface area contributed by atoms with E-state index in [0.717, 1.165) is 29.1 Å². The van der Waals surface area contributed by atoms with Crippen molar-refractivity contribution in [3.05, 3.63) is 83.4 Å². The molecule has 4 heteroatoms. The van der Waals surface area contributed by atoms with Gasteiger partial charge in [0.05, 0.1) is 11.6 Å². The van der Waals surface area contributed by atoms with Crippen molar-refractivity contribution in [1.29, 1.82) is 5.26 Å². The normalized spacial score (nSPS) is 10.3. The Morgan fingerprint density at radius 1 is 1.09 bits per heavy atom. The van der Waals surface area contributed by atoms with E-state index in [1.807, 2.05) is 54.7 Å². The maximum atomic E-state index is 8.98. The number of nitrogens with zero attached hydrogens (tertiary/aromatic N) is 3. The van der Waals surface area contributed by atoms with E-state index in [4.69, 9.17) is 11.0 Å². The molecule has 1 aromatic heterocycles. The molecule has 2 N–H and O–H groups in total. The van der Waals surface area contributed by atoms with Crippen LogP contribution in [0.25, 0.3) is 0 Å². The molecule has 0 amide bonds. The third-order valence-electron chi connectivity index (χ3n) is 3.52. The quantitative estimate of drug-likeness (QED) is 0.750. The van der Waals surface area contributed by atoms with Gasteiger partial charge in [-0.15, -0.1) is 0 Å². The highest BCUT2D eigenvalue weighted by atomic mass is 15.1. The second-order valence-corrected chi connectivity index (χ2v) is 5.21. The Kier molecular flexibility index (Phi) is 3.88. The van der Waals surface area contributed by atoms with E-state index < -0.39 is 0 Å². The molecule has 0 aliphatic carbocycles. The van der Waals surface area contributed by atoms with Gasteiger partial charge in [-0.1, -0.05) is 24.3 Å². The molecule has 0 spiro atoms. The third-order valence-corrected chi connectivity index (χ3v) is 3.52. The number of hydrogen-bond donors (Lipinski definition) is 1. The number of nitriles is 1. The van der Waals surface area contributed by atoms with Gasteiger partial charge >= 0.3 is 0 Å². The fraction of sp³-hybridized carbons (Fsp3) is 0.111. The summed E-state index contributed by atoms with van der Waals surface area (Å²) in [5.41, 5.74) is 9.49. The van der Waals surface area contributed by atoms with Crippen LogP contribution in [0.2, 0.25) is 0 Å². The first kappa shape index (κ1) is 13.9. The zero-order valence-corrected chi connectivity index (χ0v) is 12.1. The van der Waals surface area contributed by atoms with E-state index in [-0.39, 0.29) is 0 Å². The van der Waals surface area contributed by atoms with Crippen molar-refractivity contribution in [3.8, 4) is 6.07 Å². The van der Waals surface area contributed by atoms with E-state index in [9.17, 15) is 0 Å². The third kappa shape index (κ3) is 3.15. The van der Waals surface area contributed by atoms with Crippen LogP contribution in [0.1, 0.15) is 22.5 Å². The van der Waals surface area contributed by atoms with Gasteiger partial charge in [-0.3, -0.25) is 0 Å². The van der Waals surface area contributed by atoms with Gasteiger partial charge in [0.15, 0.2) is 0 Å². The first-order valence-electron chi connectivity index (χ1n) is 7.08. The van der Waals surface area contributed by atoms with Crippen molar-refractivity contribution >= 4 is 5.69 Å². The maximum absolute atomic E-state index is 8.98. The number of anilines is 1. The Hall–Kier alpha value is -3.06. The summed E-state index contributed by atoms with van der Waals surface area (Å²) in [4.78, 5) is 4.44. The fourth-order valence-electron chi connectivity index (χ4n) is 2.47. The van der Waals surface area contributed by atoms with Crippen LogP contribution in [-0.4, -0.2) is 9.55 Å². The second-order valence-electron chi connectivity index (χ2n) is 5.21. The smallest absolute Gasteiger partial charge is 0.113 e. The summed E-state index contributed by atoms with van der Waals surface area (Å²) in [5.74, 6) is 0.980. The minimum atomic E-state index is 0.676. The molecule has 0 aliphatic rings. The van der Waals surface area contributed by atoms with Gasteiger partial charge in [0, 0.05) is 31.0 Å². The predicted octanol–water partition coefficient (Wildman–Crippen LogP) is 2.98. The predicted molar refractivity (Wildman–Crippen MR) is 86.1 cm³/mol. The largest absolute Gasteiger partial charge is 0.399 e. The van der Waals surface area contributed by atoms with Crippen molar-refractivity contribution in [2.24, 2.45) is 0 Å². The molecular formula is C18H16N4. The lowest BCUT2D eigenvalue weighted by atomic mass is 10.1. The van der Waals surface area contributed by atoms with Gasteiger partial charge in [-0.25, -0.2) is 4.98 Å². The lowest BCUT2D eigenvalue weighted by Crippen LogP contribution is -2.05. The summed E-state index contributed by atoms with van der Waals surface area (Å²) >= 11 is 0. The van der Waals surface area contributed by atoms with Crippen LogP contribution in [0, 0.1) is 11.3 Å². The summed E-state index contributed by atoms with van der Waals surface area (Å²) < 4.78 is 2.10. The molecule has 4 nitrogen and oxygen atoms in total. The number of benzene rings is 2. The van der Waals surface area contributed by atoms with Crippen molar-refractivity contribution in [1.82, 2.24) is 9.55 Å². The Morgan fingerprint density at radius 3 is 2.73 bits per heavy atom. The van der Waals surface area contributed by atoms with Crippen molar-refractivity contribution in [2.75, 3.05) is 5.73 Å². The summed E-state index contributed by atoms with van der Waals surface area (Å²) in [7, 11) is 0. The molecule has 2 aromatic carbocycles. The lowest BCUT2D eigenvalue weighted by Gasteiger charge is -2.09. The zero-order valence-electron chi connectivity index (χ0n) is 12.1. The topological polar surface area (TPSA) is 67.6 Å². The second kappa shape index (κ2) is 6.15. The molecule has 22 heavy (non-hydrogen) atoms. The van der Waals surface area contributed by atoms with Gasteiger partial charge < -0.3 is 10.3 Å². The average molecular weight is 288 g/mol. The Morgan fingerprint density at radius 2 is 1.91 bits per heavy atom. The van der Waals surface area contributed by atoms with Crippen LogP contribution in [-0.2, 0) is 13.0 Å². The Bertz CT molecular complexity index is 827. The average Bonchev–Trinajstić information content (AvgIpc) is 2.94. The molecular weight excluding hydrogens is 272 g/mol. The number of aromatic nitrogens is 2. The molecule has 0 saturated heterocycles. The van der Waals surface area contributed by atoms with Gasteiger partial charge in [0.1, 0.15) is 5.82 Å². The van der Waals surface area contributed by atoms with E-state index in [1.54, 1.807) is 6.20 Å². The molecule has 108 valence electrons. The molecule has 0 fully saturated rings. The van der Waals surface area contributed by atoms with Gasteiger partial charge in [-0.2, -0.15) is 5.26 Å². The van der Waals surface area contributed by atoms with Gasteiger partial charge in [0.25, 0.3) is 0 Å². The molecule has 1 heterocycles. The Balaban J connectivity index is 1.81. The van der Waals surface area contributed by atoms with Crippen LogP contribution >= 0.6 is 0 Å². The summed E-state index contributed by atoms with van der Waals surface area (Å²) in [6.45, 7) is 0.702. The number of nitrogens with two attached hydrogens (primary N) is 1. The van der Waals surface area contributed by atoms with Crippen LogP contribution in [0.5, 0.6) is 0 Å². The summed E-state index contributed by atoms with van der Waals surface area (Å²) in [6.07, 6.45) is 4.49. The highest BCUT2D eigenvalue weighted by Gasteiger charge is 2.06. The fourth-order valence-corrected chi connectivity index (χ4v) is 2.47. The molecule has 0 bridgehead atoms. The molecule has 3 rings (SSSR count). The standard InChI is InChI=1S/C18H16N4/c19-12-15-4-1-5-16(9-15)13-22-8-7-21-18(22)11-14-3-2-6-17(20)10-14/h1-10H,11,13,20H2. The number of rotatable bonds is 4. The molecule has 3 aromatic rings. The van der Waals surface area contributed by atoms with Gasteiger partial charge in [0.2, 0.25) is 0 Å². The van der Waals surface area contributed by atoms with E-state index in [1.165, 1.54) is 0 Å². The van der Waals surface area contributed by atoms with Crippen LogP contribution < -0.4 is 5.73 Å². The molecule has 0 aliphatic heterocycles. The molecule has 0 atom stereocenters. The van der Waals surface area contributed by atoms with Crippen LogP contribution in [0.15, 0.2) is 60.9 Å². The highest BCUT2D eigenvalue weighted by molar-refractivity contribution is 5.41. The summed E-state index contributed by atoms with van der Waals surface area (Å²) in [5, 5.41) is 8.98. The van der Waals surface area contributed by atoms with E-state index >= 15 is 0 Å². The van der Waals surface area contributed by atoms with Crippen LogP contribution in [0.3, 0.4) is 0 Å². The van der Waals surface area contributed by atoms with Crippen LogP contribution in [0.4, 0.5) is 5.69 Å². The van der Waals surface area contributed by atoms with Gasteiger partial charge in [-0.05, 0) is 35.4 Å². The molecule has 0 saturated carbocycles. The minimum absolute atomic E-state index is 0.676. The SMILES string of the molecule is N#Cc1cccc(Cn2ccnc2Cc2cccc(N)c2)c1. The highest BCUT2D eigenvalue weighted by Crippen LogP contribution is 2.13. The lowest BCUT2D eigenvalue weighted by molar-refractivity contribution is 0.740. The van der Waals surface area contributed by atoms with Crippen molar-refractivity contribution in [3.63, 3.8) is 0 Å². The molecule has 0 radical (unpaired) electrons. The van der Waals surface area contributed by atoms with Crippen molar-refractivity contribution in [2.45, 2.75) is 13.0 Å². The van der Waals surface area contributed by atoms with Crippen molar-refractivity contribution < 1.29 is 0 Å². The first-order chi connectivity index (χ1) is 10.7. The number of nitrogen functional groups attached to an aromatic ring is 1. The zero-order chi connectivity index (χ0) is 15.4. The van der Waals surface area contributed by atoms with E-state index in [0.29, 0.717) is 12.1 Å². The Labute approximate surface area is 129 Å². The minimum Gasteiger partial charge on any atom is -0.399 e. The summed E-state index contributed by atoms with van der Waals surface area (Å²) in [6, 6.07) is 17.7. The number of hydrogen-bond acceptors (Lipinski definition) is 3. The monoisotopic (exact) mass is 288 g/mol. The van der Waals surface area contributed by atoms with E-state index in [2.05, 4.69) is 15.6 Å². The maximum Gasteiger partial charge on any atom is 0.113 e. The number of imidazole rings is 1. The molecule has 0 unspecified atom stereocenters. The first-order valence-corrected chi connectivity index (χ1v) is 7.08.